The lowest BCUT2D eigenvalue weighted by molar-refractivity contribution is 0.0600. The first-order valence-corrected chi connectivity index (χ1v) is 6.83. The Morgan fingerprint density at radius 2 is 1.80 bits per heavy atom. The molecular weight excluding hydrogens is 278 g/mol. The highest BCUT2D eigenvalue weighted by atomic mass is 35.5. The van der Waals surface area contributed by atoms with Crippen LogP contribution < -0.4 is 4.74 Å². The van der Waals surface area contributed by atoms with Crippen LogP contribution in [0.4, 0.5) is 0 Å². The summed E-state index contributed by atoms with van der Waals surface area (Å²) in [6.45, 7) is 4.03. The average Bonchev–Trinajstić information content (AvgIpc) is 2.48. The molecule has 2 rings (SSSR count). The first-order valence-electron chi connectivity index (χ1n) is 6.83. The van der Waals surface area contributed by atoms with Gasteiger partial charge in [0.25, 0.3) is 0 Å². The number of rotatable bonds is 5. The number of methoxy groups -OCH3 is 1. The molecule has 1 fully saturated rings. The molecule has 1 aromatic rings. The standard InChI is InChI=1S/C15H21NO3.ClH/c1-18-15(17)13-5-7-14(8-6-13)19-12-11-16-9-3-2-4-10-16;/h5-8H,2-4,9-12H2,1H3;1H. The highest BCUT2D eigenvalue weighted by Gasteiger charge is 2.09. The van der Waals surface area contributed by atoms with Crippen molar-refractivity contribution in [3.63, 3.8) is 0 Å². The fraction of sp³-hybridized carbons (Fsp3) is 0.533. The summed E-state index contributed by atoms with van der Waals surface area (Å²) >= 11 is 0. The molecule has 0 N–H and O–H groups in total. The predicted molar refractivity (Wildman–Crippen MR) is 80.8 cm³/mol. The molecule has 0 aliphatic carbocycles. The van der Waals surface area contributed by atoms with Crippen LogP contribution in [0.5, 0.6) is 5.75 Å². The Morgan fingerprint density at radius 1 is 1.15 bits per heavy atom. The SMILES string of the molecule is COC(=O)c1ccc(OCCN2CCCCC2)cc1.Cl. The van der Waals surface area contributed by atoms with E-state index in [-0.39, 0.29) is 18.4 Å². The van der Waals surface area contributed by atoms with Crippen molar-refractivity contribution in [2.75, 3.05) is 33.4 Å². The Kier molecular flexibility index (Phi) is 7.41. The number of esters is 1. The molecule has 4 nitrogen and oxygen atoms in total. The molecule has 0 atom stereocenters. The lowest BCUT2D eigenvalue weighted by atomic mass is 10.1. The van der Waals surface area contributed by atoms with E-state index in [1.807, 2.05) is 12.1 Å². The molecule has 0 amide bonds. The van der Waals surface area contributed by atoms with Crippen LogP contribution in [0.1, 0.15) is 29.6 Å². The van der Waals surface area contributed by atoms with Crippen LogP contribution in [-0.4, -0.2) is 44.2 Å². The second kappa shape index (κ2) is 8.82. The monoisotopic (exact) mass is 299 g/mol. The van der Waals surface area contributed by atoms with E-state index < -0.39 is 0 Å². The van der Waals surface area contributed by atoms with Crippen LogP contribution in [0.3, 0.4) is 0 Å². The van der Waals surface area contributed by atoms with Gasteiger partial charge in [0.1, 0.15) is 12.4 Å². The fourth-order valence-corrected chi connectivity index (χ4v) is 2.28. The van der Waals surface area contributed by atoms with Crippen LogP contribution in [0.15, 0.2) is 24.3 Å². The number of carbonyl (C=O) groups is 1. The molecule has 1 aliphatic rings. The van der Waals surface area contributed by atoms with Crippen molar-refractivity contribution in [3.8, 4) is 5.75 Å². The maximum Gasteiger partial charge on any atom is 0.337 e. The zero-order valence-corrected chi connectivity index (χ0v) is 12.7. The summed E-state index contributed by atoms with van der Waals surface area (Å²) in [5.41, 5.74) is 0.547. The van der Waals surface area contributed by atoms with E-state index in [1.165, 1.54) is 39.5 Å². The van der Waals surface area contributed by atoms with E-state index in [0.717, 1.165) is 12.3 Å². The van der Waals surface area contributed by atoms with Crippen molar-refractivity contribution in [1.29, 1.82) is 0 Å². The van der Waals surface area contributed by atoms with Gasteiger partial charge in [0, 0.05) is 6.54 Å². The summed E-state index contributed by atoms with van der Waals surface area (Å²) in [7, 11) is 1.38. The topological polar surface area (TPSA) is 38.8 Å². The first kappa shape index (κ1) is 16.8. The molecule has 0 saturated carbocycles. The lowest BCUT2D eigenvalue weighted by Gasteiger charge is -2.26. The van der Waals surface area contributed by atoms with Gasteiger partial charge in [-0.2, -0.15) is 0 Å². The molecule has 5 heteroatoms. The molecule has 112 valence electrons. The van der Waals surface area contributed by atoms with E-state index >= 15 is 0 Å². The molecule has 1 aromatic carbocycles. The number of piperidine rings is 1. The largest absolute Gasteiger partial charge is 0.492 e. The van der Waals surface area contributed by atoms with Gasteiger partial charge >= 0.3 is 5.97 Å². The van der Waals surface area contributed by atoms with Gasteiger partial charge in [-0.05, 0) is 50.2 Å². The predicted octanol–water partition coefficient (Wildman–Crippen LogP) is 2.76. The minimum atomic E-state index is -0.320. The van der Waals surface area contributed by atoms with Crippen molar-refractivity contribution in [2.24, 2.45) is 0 Å². The second-order valence-corrected chi connectivity index (χ2v) is 4.77. The number of benzene rings is 1. The van der Waals surface area contributed by atoms with Crippen molar-refractivity contribution >= 4 is 18.4 Å². The van der Waals surface area contributed by atoms with Crippen LogP contribution >= 0.6 is 12.4 Å². The molecule has 0 aromatic heterocycles. The summed E-state index contributed by atoms with van der Waals surface area (Å²) in [5.74, 6) is 0.476. The van der Waals surface area contributed by atoms with Gasteiger partial charge in [0.2, 0.25) is 0 Å². The summed E-state index contributed by atoms with van der Waals surface area (Å²) in [5, 5.41) is 0. The normalized spacial score (nSPS) is 15.2. The molecule has 1 saturated heterocycles. The van der Waals surface area contributed by atoms with Gasteiger partial charge in [0.05, 0.1) is 12.7 Å². The number of nitrogens with zero attached hydrogens (tertiary/aromatic N) is 1. The maximum absolute atomic E-state index is 11.3. The number of halogens is 1. The Balaban J connectivity index is 0.00000200. The lowest BCUT2D eigenvalue weighted by Crippen LogP contribution is -2.33. The van der Waals surface area contributed by atoms with E-state index in [9.17, 15) is 4.79 Å². The summed E-state index contributed by atoms with van der Waals surface area (Å²) in [6, 6.07) is 7.06. The smallest absolute Gasteiger partial charge is 0.337 e. The van der Waals surface area contributed by atoms with Crippen LogP contribution in [0.25, 0.3) is 0 Å². The second-order valence-electron chi connectivity index (χ2n) is 4.77. The fourth-order valence-electron chi connectivity index (χ4n) is 2.28. The van der Waals surface area contributed by atoms with Crippen molar-refractivity contribution < 1.29 is 14.3 Å². The molecule has 1 aliphatic heterocycles. The van der Waals surface area contributed by atoms with E-state index in [4.69, 9.17) is 4.74 Å². The average molecular weight is 300 g/mol. The van der Waals surface area contributed by atoms with Crippen molar-refractivity contribution in [1.82, 2.24) is 4.90 Å². The Labute approximate surface area is 126 Å². The number of hydrogen-bond donors (Lipinski definition) is 0. The van der Waals surface area contributed by atoms with Gasteiger partial charge in [-0.25, -0.2) is 4.79 Å². The van der Waals surface area contributed by atoms with Crippen LogP contribution in [-0.2, 0) is 4.74 Å². The first-order chi connectivity index (χ1) is 9.29. The van der Waals surface area contributed by atoms with Gasteiger partial charge in [-0.3, -0.25) is 4.90 Å². The van der Waals surface area contributed by atoms with Gasteiger partial charge in [-0.1, -0.05) is 6.42 Å². The summed E-state index contributed by atoms with van der Waals surface area (Å²) in [6.07, 6.45) is 3.95. The van der Waals surface area contributed by atoms with Crippen LogP contribution in [0, 0.1) is 0 Å². The highest BCUT2D eigenvalue weighted by Crippen LogP contribution is 2.13. The minimum absolute atomic E-state index is 0. The molecule has 0 unspecified atom stereocenters. The molecule has 1 heterocycles. The number of ether oxygens (including phenoxy) is 2. The Morgan fingerprint density at radius 3 is 2.40 bits per heavy atom. The molecule has 20 heavy (non-hydrogen) atoms. The van der Waals surface area contributed by atoms with E-state index in [1.54, 1.807) is 12.1 Å². The van der Waals surface area contributed by atoms with Crippen molar-refractivity contribution in [3.05, 3.63) is 29.8 Å². The zero-order valence-electron chi connectivity index (χ0n) is 11.8. The highest BCUT2D eigenvalue weighted by molar-refractivity contribution is 5.89. The Bertz CT molecular complexity index is 402. The zero-order chi connectivity index (χ0) is 13.5. The summed E-state index contributed by atoms with van der Waals surface area (Å²) in [4.78, 5) is 13.7. The number of likely N-dealkylation sites (tertiary alicyclic amines) is 1. The molecule has 0 bridgehead atoms. The Hall–Kier alpha value is -1.26. The number of hydrogen-bond acceptors (Lipinski definition) is 4. The third-order valence-electron chi connectivity index (χ3n) is 3.40. The van der Waals surface area contributed by atoms with Gasteiger partial charge in [0.15, 0.2) is 0 Å². The van der Waals surface area contributed by atoms with Crippen LogP contribution in [0.2, 0.25) is 0 Å². The van der Waals surface area contributed by atoms with E-state index in [2.05, 4.69) is 9.64 Å². The maximum atomic E-state index is 11.3. The van der Waals surface area contributed by atoms with Gasteiger partial charge < -0.3 is 9.47 Å². The molecule has 0 spiro atoms. The minimum Gasteiger partial charge on any atom is -0.492 e. The van der Waals surface area contributed by atoms with Gasteiger partial charge in [-0.15, -0.1) is 12.4 Å². The van der Waals surface area contributed by atoms with E-state index in [0.29, 0.717) is 12.2 Å². The quantitative estimate of drug-likeness (QED) is 0.784. The van der Waals surface area contributed by atoms with Crippen molar-refractivity contribution in [2.45, 2.75) is 19.3 Å². The third-order valence-corrected chi connectivity index (χ3v) is 3.40. The molecular formula is C15H22ClNO3. The number of carbonyl (C=O) groups excluding carboxylic acids is 1. The summed E-state index contributed by atoms with van der Waals surface area (Å²) < 4.78 is 10.3. The molecule has 0 radical (unpaired) electrons. The third kappa shape index (κ3) is 5.02.